The summed E-state index contributed by atoms with van der Waals surface area (Å²) in [6.07, 6.45) is 1.45. The maximum Gasteiger partial charge on any atom is 0.258 e. The molecule has 0 bridgehead atoms. The maximum atomic E-state index is 13.2. The molecule has 2 atom stereocenters. The molecule has 0 saturated carbocycles. The number of benzene rings is 2. The first-order chi connectivity index (χ1) is 14.5. The molecule has 3 rings (SSSR count). The van der Waals surface area contributed by atoms with Crippen molar-refractivity contribution in [2.75, 3.05) is 19.8 Å². The zero-order valence-electron chi connectivity index (χ0n) is 17.9. The van der Waals surface area contributed by atoms with Crippen molar-refractivity contribution in [1.82, 2.24) is 10.2 Å². The Hall–Kier alpha value is -3.02. The second kappa shape index (κ2) is 10.1. The quantitative estimate of drug-likeness (QED) is 0.715. The van der Waals surface area contributed by atoms with Crippen LogP contribution in [0.3, 0.4) is 0 Å². The van der Waals surface area contributed by atoms with Gasteiger partial charge >= 0.3 is 0 Å². The van der Waals surface area contributed by atoms with E-state index in [1.807, 2.05) is 57.2 Å². The molecule has 1 heterocycles. The molecule has 0 spiro atoms. The lowest BCUT2D eigenvalue weighted by atomic mass is 10.1. The average Bonchev–Trinajstić information content (AvgIpc) is 3.24. The molecule has 30 heavy (non-hydrogen) atoms. The third-order valence-corrected chi connectivity index (χ3v) is 5.26. The molecular formula is C24H30N2O4. The Labute approximate surface area is 178 Å². The molecule has 6 nitrogen and oxygen atoms in total. The van der Waals surface area contributed by atoms with Crippen LogP contribution in [0.2, 0.25) is 0 Å². The van der Waals surface area contributed by atoms with Gasteiger partial charge in [0.15, 0.2) is 0 Å². The van der Waals surface area contributed by atoms with E-state index in [-0.39, 0.29) is 17.9 Å². The number of hydrogen-bond donors (Lipinski definition) is 1. The highest BCUT2D eigenvalue weighted by Crippen LogP contribution is 2.26. The van der Waals surface area contributed by atoms with Crippen molar-refractivity contribution >= 4 is 11.8 Å². The fraction of sp³-hybridized carbons (Fsp3) is 0.417. The molecule has 0 aliphatic carbocycles. The van der Waals surface area contributed by atoms with Crippen LogP contribution in [-0.2, 0) is 4.79 Å². The lowest BCUT2D eigenvalue weighted by molar-refractivity contribution is -0.125. The number of carbonyl (C=O) groups excluding carboxylic acids is 2. The molecule has 2 unspecified atom stereocenters. The third kappa shape index (κ3) is 4.93. The standard InChI is InChI=1S/C24H30N2O4/c1-4-29-19-11-8-10-18(16-19)17(3)25-23(27)21-13-9-15-26(21)24(28)20-12-6-7-14-22(20)30-5-2/h6-8,10-12,14,16-17,21H,4-5,9,13,15H2,1-3H3,(H,25,27). The molecule has 1 saturated heterocycles. The molecule has 0 aromatic heterocycles. The predicted octanol–water partition coefficient (Wildman–Crippen LogP) is 3.97. The van der Waals surface area contributed by atoms with E-state index < -0.39 is 6.04 Å². The summed E-state index contributed by atoms with van der Waals surface area (Å²) in [6.45, 7) is 7.39. The van der Waals surface area contributed by atoms with Gasteiger partial charge in [-0.15, -0.1) is 0 Å². The second-order valence-electron chi connectivity index (χ2n) is 7.32. The third-order valence-electron chi connectivity index (χ3n) is 5.26. The van der Waals surface area contributed by atoms with Crippen molar-refractivity contribution in [2.24, 2.45) is 0 Å². The summed E-state index contributed by atoms with van der Waals surface area (Å²) < 4.78 is 11.2. The minimum Gasteiger partial charge on any atom is -0.494 e. The minimum atomic E-state index is -0.482. The summed E-state index contributed by atoms with van der Waals surface area (Å²) in [7, 11) is 0. The first-order valence-corrected chi connectivity index (χ1v) is 10.6. The Bertz CT molecular complexity index is 883. The highest BCUT2D eigenvalue weighted by Gasteiger charge is 2.36. The largest absolute Gasteiger partial charge is 0.494 e. The predicted molar refractivity (Wildman–Crippen MR) is 116 cm³/mol. The molecule has 0 radical (unpaired) electrons. The maximum absolute atomic E-state index is 13.2. The molecule has 1 N–H and O–H groups in total. The smallest absolute Gasteiger partial charge is 0.258 e. The van der Waals surface area contributed by atoms with Crippen LogP contribution in [0.5, 0.6) is 11.5 Å². The number of nitrogens with zero attached hydrogens (tertiary/aromatic N) is 1. The highest BCUT2D eigenvalue weighted by atomic mass is 16.5. The van der Waals surface area contributed by atoms with Gasteiger partial charge in [0.05, 0.1) is 24.8 Å². The fourth-order valence-electron chi connectivity index (χ4n) is 3.80. The van der Waals surface area contributed by atoms with Crippen molar-refractivity contribution in [2.45, 2.75) is 45.7 Å². The van der Waals surface area contributed by atoms with Gasteiger partial charge in [-0.25, -0.2) is 0 Å². The SMILES string of the molecule is CCOc1cccc(C(C)NC(=O)C2CCCN2C(=O)c2ccccc2OCC)c1. The number of para-hydroxylation sites is 1. The van der Waals surface area contributed by atoms with E-state index in [4.69, 9.17) is 9.47 Å². The first-order valence-electron chi connectivity index (χ1n) is 10.6. The Morgan fingerprint density at radius 1 is 1.10 bits per heavy atom. The van der Waals surface area contributed by atoms with Gasteiger partial charge in [0.2, 0.25) is 5.91 Å². The lowest BCUT2D eigenvalue weighted by Crippen LogP contribution is -2.46. The zero-order valence-corrected chi connectivity index (χ0v) is 17.9. The molecule has 160 valence electrons. The number of nitrogens with one attached hydrogen (secondary N) is 1. The van der Waals surface area contributed by atoms with E-state index in [2.05, 4.69) is 5.32 Å². The molecule has 1 aliphatic heterocycles. The van der Waals surface area contributed by atoms with Crippen LogP contribution in [0, 0.1) is 0 Å². The van der Waals surface area contributed by atoms with Gasteiger partial charge in [0.1, 0.15) is 17.5 Å². The van der Waals surface area contributed by atoms with Crippen molar-refractivity contribution in [3.8, 4) is 11.5 Å². The van der Waals surface area contributed by atoms with Gasteiger partial charge in [0.25, 0.3) is 5.91 Å². The van der Waals surface area contributed by atoms with E-state index >= 15 is 0 Å². The van der Waals surface area contributed by atoms with Crippen LogP contribution < -0.4 is 14.8 Å². The van der Waals surface area contributed by atoms with Gasteiger partial charge in [-0.2, -0.15) is 0 Å². The van der Waals surface area contributed by atoms with E-state index in [0.29, 0.717) is 37.5 Å². The number of ether oxygens (including phenoxy) is 2. The molecule has 1 fully saturated rings. The molecule has 6 heteroatoms. The Morgan fingerprint density at radius 2 is 1.87 bits per heavy atom. The summed E-state index contributed by atoms with van der Waals surface area (Å²) in [5.74, 6) is 1.03. The van der Waals surface area contributed by atoms with Crippen molar-refractivity contribution < 1.29 is 19.1 Å². The summed E-state index contributed by atoms with van der Waals surface area (Å²) in [4.78, 5) is 27.9. The Kier molecular flexibility index (Phi) is 7.33. The van der Waals surface area contributed by atoms with Gasteiger partial charge < -0.3 is 19.7 Å². The summed E-state index contributed by atoms with van der Waals surface area (Å²) in [5.41, 5.74) is 1.46. The van der Waals surface area contributed by atoms with Gasteiger partial charge in [-0.1, -0.05) is 24.3 Å². The van der Waals surface area contributed by atoms with Gasteiger partial charge in [0, 0.05) is 6.54 Å². The molecular weight excluding hydrogens is 380 g/mol. The van der Waals surface area contributed by atoms with Gasteiger partial charge in [-0.05, 0) is 63.4 Å². The number of rotatable bonds is 8. The molecule has 1 aliphatic rings. The summed E-state index contributed by atoms with van der Waals surface area (Å²) in [5, 5.41) is 3.06. The number of amides is 2. The Balaban J connectivity index is 1.71. The second-order valence-corrected chi connectivity index (χ2v) is 7.32. The van der Waals surface area contributed by atoms with Gasteiger partial charge in [-0.3, -0.25) is 9.59 Å². The zero-order chi connectivity index (χ0) is 21.5. The number of likely N-dealkylation sites (tertiary alicyclic amines) is 1. The van der Waals surface area contributed by atoms with Crippen LogP contribution in [-0.4, -0.2) is 42.5 Å². The van der Waals surface area contributed by atoms with Crippen LogP contribution in [0.1, 0.15) is 55.6 Å². The fourth-order valence-corrected chi connectivity index (χ4v) is 3.80. The van der Waals surface area contributed by atoms with E-state index in [0.717, 1.165) is 17.7 Å². The summed E-state index contributed by atoms with van der Waals surface area (Å²) in [6, 6.07) is 14.2. The molecule has 2 amide bonds. The minimum absolute atomic E-state index is 0.135. The number of carbonyl (C=O) groups is 2. The van der Waals surface area contributed by atoms with Crippen LogP contribution >= 0.6 is 0 Å². The van der Waals surface area contributed by atoms with Crippen LogP contribution in [0.4, 0.5) is 0 Å². The van der Waals surface area contributed by atoms with Crippen molar-refractivity contribution in [1.29, 1.82) is 0 Å². The monoisotopic (exact) mass is 410 g/mol. The van der Waals surface area contributed by atoms with E-state index in [9.17, 15) is 9.59 Å². The average molecular weight is 411 g/mol. The van der Waals surface area contributed by atoms with Crippen molar-refractivity contribution in [3.05, 3.63) is 59.7 Å². The topological polar surface area (TPSA) is 67.9 Å². The molecule has 2 aromatic rings. The van der Waals surface area contributed by atoms with E-state index in [1.165, 1.54) is 0 Å². The first kappa shape index (κ1) is 21.7. The van der Waals surface area contributed by atoms with Crippen LogP contribution in [0.15, 0.2) is 48.5 Å². The van der Waals surface area contributed by atoms with Crippen molar-refractivity contribution in [3.63, 3.8) is 0 Å². The normalized spacial score (nSPS) is 16.8. The lowest BCUT2D eigenvalue weighted by Gasteiger charge is -2.26. The van der Waals surface area contributed by atoms with Crippen LogP contribution in [0.25, 0.3) is 0 Å². The molecule has 2 aromatic carbocycles. The summed E-state index contributed by atoms with van der Waals surface area (Å²) >= 11 is 0. The Morgan fingerprint density at radius 3 is 2.63 bits per heavy atom. The highest BCUT2D eigenvalue weighted by molar-refractivity contribution is 6.00. The van der Waals surface area contributed by atoms with E-state index in [1.54, 1.807) is 17.0 Å². The number of hydrogen-bond acceptors (Lipinski definition) is 4.